The van der Waals surface area contributed by atoms with Gasteiger partial charge in [-0.15, -0.1) is 0 Å². The molecule has 2 rings (SSSR count). The lowest BCUT2D eigenvalue weighted by molar-refractivity contribution is -0.190. The first kappa shape index (κ1) is 20.9. The molecule has 0 spiro atoms. The Bertz CT molecular complexity index is 616. The molecule has 4 atom stereocenters. The van der Waals surface area contributed by atoms with Crippen molar-refractivity contribution >= 4 is 0 Å². The monoisotopic (exact) mass is 362 g/mol. The second-order valence-electron chi connectivity index (χ2n) is 8.54. The van der Waals surface area contributed by atoms with Crippen molar-refractivity contribution in [3.8, 4) is 0 Å². The molecule has 146 valence electrons. The fraction of sp³-hybridized carbons (Fsp3) is 0.636. The minimum Gasteiger partial charge on any atom is -0.487 e. The van der Waals surface area contributed by atoms with Crippen LogP contribution in [-0.2, 0) is 4.74 Å². The Morgan fingerprint density at radius 2 is 1.96 bits per heavy atom. The summed E-state index contributed by atoms with van der Waals surface area (Å²) in [5.74, 6) is 0.530. The number of ether oxygens (including phenoxy) is 1. The van der Waals surface area contributed by atoms with Crippen LogP contribution >= 0.6 is 0 Å². The lowest BCUT2D eigenvalue weighted by Gasteiger charge is -2.61. The van der Waals surface area contributed by atoms with Crippen LogP contribution in [0.25, 0.3) is 0 Å². The first-order valence-corrected chi connectivity index (χ1v) is 9.46. The van der Waals surface area contributed by atoms with Gasteiger partial charge in [0.25, 0.3) is 0 Å². The molecule has 1 unspecified atom stereocenters. The van der Waals surface area contributed by atoms with Crippen LogP contribution in [-0.4, -0.2) is 40.2 Å². The van der Waals surface area contributed by atoms with Crippen LogP contribution in [0.2, 0.25) is 0 Å². The molecular weight excluding hydrogens is 328 g/mol. The number of rotatable bonds is 6. The van der Waals surface area contributed by atoms with Gasteiger partial charge in [0.15, 0.2) is 0 Å². The van der Waals surface area contributed by atoms with Gasteiger partial charge in [-0.25, -0.2) is 0 Å². The molecule has 4 nitrogen and oxygen atoms in total. The van der Waals surface area contributed by atoms with Gasteiger partial charge in [-0.3, -0.25) is 0 Å². The summed E-state index contributed by atoms with van der Waals surface area (Å²) in [6.07, 6.45) is 11.8. The lowest BCUT2D eigenvalue weighted by Crippen LogP contribution is -2.65. The summed E-state index contributed by atoms with van der Waals surface area (Å²) in [5, 5.41) is 31.3. The average Bonchev–Trinajstić information content (AvgIpc) is 2.57. The van der Waals surface area contributed by atoms with E-state index in [1.54, 1.807) is 6.08 Å². The van der Waals surface area contributed by atoms with E-state index in [0.29, 0.717) is 11.3 Å². The zero-order valence-corrected chi connectivity index (χ0v) is 16.5. The van der Waals surface area contributed by atoms with E-state index in [1.165, 1.54) is 0 Å². The molecule has 2 aliphatic rings. The Balaban J connectivity index is 2.49. The van der Waals surface area contributed by atoms with Crippen LogP contribution in [0.1, 0.15) is 47.0 Å². The smallest absolute Gasteiger partial charge is 0.121 e. The minimum absolute atomic E-state index is 0.0110. The maximum atomic E-state index is 11.4. The largest absolute Gasteiger partial charge is 0.487 e. The van der Waals surface area contributed by atoms with Crippen molar-refractivity contribution in [3.63, 3.8) is 0 Å². The van der Waals surface area contributed by atoms with E-state index in [4.69, 9.17) is 4.74 Å². The Hall–Kier alpha value is -1.36. The van der Waals surface area contributed by atoms with Gasteiger partial charge in [0.2, 0.25) is 0 Å². The Kier molecular flexibility index (Phi) is 6.21. The fourth-order valence-electron chi connectivity index (χ4n) is 5.21. The zero-order chi connectivity index (χ0) is 19.6. The van der Waals surface area contributed by atoms with Crippen molar-refractivity contribution in [3.05, 3.63) is 48.3 Å². The van der Waals surface area contributed by atoms with E-state index in [1.807, 2.05) is 38.2 Å². The van der Waals surface area contributed by atoms with Crippen molar-refractivity contribution in [2.75, 3.05) is 13.2 Å². The molecule has 0 aromatic heterocycles. The van der Waals surface area contributed by atoms with Crippen molar-refractivity contribution in [2.24, 2.45) is 16.7 Å². The number of fused-ring (bicyclic) bond motifs is 1. The molecule has 2 aliphatic carbocycles. The minimum atomic E-state index is -1.44. The topological polar surface area (TPSA) is 69.9 Å². The molecule has 0 radical (unpaired) electrons. The molecule has 0 saturated heterocycles. The van der Waals surface area contributed by atoms with Gasteiger partial charge in [0, 0.05) is 11.3 Å². The maximum absolute atomic E-state index is 11.4. The van der Waals surface area contributed by atoms with Gasteiger partial charge < -0.3 is 20.1 Å². The summed E-state index contributed by atoms with van der Waals surface area (Å²) in [5.41, 5.74) is -1.67. The first-order valence-electron chi connectivity index (χ1n) is 9.46. The van der Waals surface area contributed by atoms with Crippen molar-refractivity contribution in [1.82, 2.24) is 0 Å². The second kappa shape index (κ2) is 7.71. The highest BCUT2D eigenvalue weighted by Crippen LogP contribution is 2.61. The molecular formula is C22H34O4. The summed E-state index contributed by atoms with van der Waals surface area (Å²) in [6.45, 7) is 11.6. The molecule has 0 amide bonds. The van der Waals surface area contributed by atoms with E-state index in [2.05, 4.69) is 20.4 Å². The molecule has 0 aromatic carbocycles. The second-order valence-corrected chi connectivity index (χ2v) is 8.54. The van der Waals surface area contributed by atoms with E-state index < -0.39 is 17.6 Å². The molecule has 3 N–H and O–H groups in total. The van der Waals surface area contributed by atoms with Gasteiger partial charge in [-0.1, -0.05) is 52.0 Å². The Labute approximate surface area is 157 Å². The molecule has 1 saturated carbocycles. The number of allylic oxidation sites excluding steroid dienone is 4. The van der Waals surface area contributed by atoms with Crippen molar-refractivity contribution in [1.29, 1.82) is 0 Å². The highest BCUT2D eigenvalue weighted by molar-refractivity contribution is 5.32. The molecule has 26 heavy (non-hydrogen) atoms. The van der Waals surface area contributed by atoms with Crippen LogP contribution in [0.5, 0.6) is 0 Å². The van der Waals surface area contributed by atoms with Crippen molar-refractivity contribution < 1.29 is 20.1 Å². The maximum Gasteiger partial charge on any atom is 0.121 e. The van der Waals surface area contributed by atoms with E-state index >= 15 is 0 Å². The van der Waals surface area contributed by atoms with Gasteiger partial charge in [-0.05, 0) is 42.9 Å². The van der Waals surface area contributed by atoms with Gasteiger partial charge in [-0.2, -0.15) is 0 Å². The van der Waals surface area contributed by atoms with E-state index in [-0.39, 0.29) is 24.0 Å². The average molecular weight is 363 g/mol. The molecule has 0 heterocycles. The van der Waals surface area contributed by atoms with Crippen molar-refractivity contribution in [2.45, 2.75) is 58.7 Å². The predicted molar refractivity (Wildman–Crippen MR) is 104 cm³/mol. The van der Waals surface area contributed by atoms with Crippen LogP contribution < -0.4 is 0 Å². The summed E-state index contributed by atoms with van der Waals surface area (Å²) < 4.78 is 6.18. The third-order valence-electron chi connectivity index (χ3n) is 6.49. The molecule has 0 aromatic rings. The molecule has 0 aliphatic heterocycles. The van der Waals surface area contributed by atoms with Gasteiger partial charge >= 0.3 is 0 Å². The highest BCUT2D eigenvalue weighted by Gasteiger charge is 2.63. The fourth-order valence-corrected chi connectivity index (χ4v) is 5.21. The van der Waals surface area contributed by atoms with Crippen LogP contribution in [0.4, 0.5) is 0 Å². The van der Waals surface area contributed by atoms with Gasteiger partial charge in [0.05, 0.1) is 13.2 Å². The van der Waals surface area contributed by atoms with Crippen LogP contribution in [0.3, 0.4) is 0 Å². The number of hydrogen-bond acceptors (Lipinski definition) is 4. The zero-order valence-electron chi connectivity index (χ0n) is 16.5. The molecule has 0 bridgehead atoms. The SMILES string of the molecule is C=C(/C=C/C=C/C)O[C@@H]1C=C(CO)[C@](O)(CO)[C@@]2(C)CCCC(C)(C)C12. The number of aliphatic hydroxyl groups excluding tert-OH is 2. The van der Waals surface area contributed by atoms with Gasteiger partial charge in [0.1, 0.15) is 17.5 Å². The van der Waals surface area contributed by atoms with Crippen LogP contribution in [0, 0.1) is 16.7 Å². The normalized spacial score (nSPS) is 36.8. The third-order valence-corrected chi connectivity index (χ3v) is 6.49. The van der Waals surface area contributed by atoms with Crippen LogP contribution in [0.15, 0.2) is 48.3 Å². The third kappa shape index (κ3) is 3.42. The summed E-state index contributed by atoms with van der Waals surface area (Å²) >= 11 is 0. The number of aliphatic hydroxyl groups is 3. The predicted octanol–water partition coefficient (Wildman–Crippen LogP) is 3.51. The Morgan fingerprint density at radius 3 is 2.54 bits per heavy atom. The van der Waals surface area contributed by atoms with E-state index in [9.17, 15) is 15.3 Å². The summed E-state index contributed by atoms with van der Waals surface area (Å²) in [6, 6.07) is 0. The lowest BCUT2D eigenvalue weighted by atomic mass is 9.46. The summed E-state index contributed by atoms with van der Waals surface area (Å²) in [7, 11) is 0. The quantitative estimate of drug-likeness (QED) is 0.384. The number of hydrogen-bond donors (Lipinski definition) is 3. The molecule has 4 heteroatoms. The van der Waals surface area contributed by atoms with E-state index in [0.717, 1.165) is 19.3 Å². The first-order chi connectivity index (χ1) is 12.2. The Morgan fingerprint density at radius 1 is 1.27 bits per heavy atom. The molecule has 1 fully saturated rings. The standard InChI is InChI=1S/C22H34O4/c1-6-7-8-10-16(2)26-18-13-17(14-23)22(25,15-24)21(5)12-9-11-20(3,4)19(18)21/h6-8,10,13,18-19,23-25H,2,9,11-12,14-15H2,1,3-5H3/b7-6+,10-8+/t18-,19?,21+,22-/m1/s1. The highest BCUT2D eigenvalue weighted by atomic mass is 16.5. The summed E-state index contributed by atoms with van der Waals surface area (Å²) in [4.78, 5) is 0.